The highest BCUT2D eigenvalue weighted by Gasteiger charge is 2.36. The largest absolute Gasteiger partial charge is 0.417 e. The number of fused-ring (bicyclic) bond motifs is 1. The third kappa shape index (κ3) is 4.03. The second-order valence-corrected chi connectivity index (χ2v) is 7.68. The smallest absolute Gasteiger partial charge is 0.336 e. The van der Waals surface area contributed by atoms with E-state index in [1.807, 2.05) is 4.90 Å². The molecular formula is C19H17F3N4O2S. The maximum Gasteiger partial charge on any atom is 0.417 e. The lowest BCUT2D eigenvalue weighted by atomic mass is 10.1. The Morgan fingerprint density at radius 1 is 1.14 bits per heavy atom. The summed E-state index contributed by atoms with van der Waals surface area (Å²) in [5, 5.41) is 1.81. The zero-order valence-electron chi connectivity index (χ0n) is 15.2. The molecule has 0 atom stereocenters. The van der Waals surface area contributed by atoms with Crippen LogP contribution in [0.1, 0.15) is 21.7 Å². The van der Waals surface area contributed by atoms with Crippen molar-refractivity contribution in [3.63, 3.8) is 0 Å². The highest BCUT2D eigenvalue weighted by Crippen LogP contribution is 2.32. The first-order chi connectivity index (χ1) is 13.8. The van der Waals surface area contributed by atoms with Crippen LogP contribution < -0.4 is 5.56 Å². The van der Waals surface area contributed by atoms with Gasteiger partial charge in [-0.15, -0.1) is 11.3 Å². The summed E-state index contributed by atoms with van der Waals surface area (Å²) in [7, 11) is 0. The van der Waals surface area contributed by atoms with E-state index in [2.05, 4.69) is 9.97 Å². The first-order valence-electron chi connectivity index (χ1n) is 8.97. The Morgan fingerprint density at radius 3 is 2.59 bits per heavy atom. The van der Waals surface area contributed by atoms with E-state index in [0.29, 0.717) is 48.8 Å². The normalized spacial score (nSPS) is 15.8. The fraction of sp³-hybridized carbons (Fsp3) is 0.316. The highest BCUT2D eigenvalue weighted by molar-refractivity contribution is 7.17. The summed E-state index contributed by atoms with van der Waals surface area (Å²) in [6.07, 6.45) is -4.58. The Labute approximate surface area is 167 Å². The van der Waals surface area contributed by atoms with E-state index in [-0.39, 0.29) is 11.1 Å². The lowest BCUT2D eigenvalue weighted by Gasteiger charge is -2.34. The monoisotopic (exact) mass is 422 g/mol. The maximum atomic E-state index is 13.2. The third-order valence-electron chi connectivity index (χ3n) is 4.86. The lowest BCUT2D eigenvalue weighted by molar-refractivity contribution is -0.138. The number of rotatable bonds is 3. The van der Waals surface area contributed by atoms with Crippen molar-refractivity contribution in [2.75, 3.05) is 26.2 Å². The summed E-state index contributed by atoms with van der Waals surface area (Å²) in [6.45, 7) is 1.96. The van der Waals surface area contributed by atoms with Crippen LogP contribution in [0.4, 0.5) is 13.2 Å². The summed E-state index contributed by atoms with van der Waals surface area (Å²) in [6, 6.07) is 6.62. The molecule has 152 valence electrons. The van der Waals surface area contributed by atoms with Crippen LogP contribution in [0.2, 0.25) is 0 Å². The van der Waals surface area contributed by atoms with Crippen molar-refractivity contribution in [1.29, 1.82) is 0 Å². The molecule has 6 nitrogen and oxygen atoms in total. The maximum absolute atomic E-state index is 13.2. The van der Waals surface area contributed by atoms with Gasteiger partial charge in [-0.3, -0.25) is 14.5 Å². The molecule has 3 aromatic rings. The molecule has 1 aromatic carbocycles. The molecule has 0 aliphatic carbocycles. The first kappa shape index (κ1) is 19.6. The minimum absolute atomic E-state index is 0.183. The molecule has 4 rings (SSSR count). The molecule has 0 bridgehead atoms. The number of nitrogens with zero attached hydrogens (tertiary/aromatic N) is 3. The van der Waals surface area contributed by atoms with E-state index in [1.54, 1.807) is 11.4 Å². The van der Waals surface area contributed by atoms with Gasteiger partial charge in [-0.05, 0) is 23.6 Å². The molecule has 1 amide bonds. The number of benzene rings is 1. The molecule has 0 unspecified atom stereocenters. The number of carbonyl (C=O) groups is 1. The van der Waals surface area contributed by atoms with E-state index >= 15 is 0 Å². The fourth-order valence-corrected chi connectivity index (χ4v) is 4.13. The molecule has 0 spiro atoms. The van der Waals surface area contributed by atoms with Gasteiger partial charge in [0.1, 0.15) is 10.5 Å². The zero-order valence-corrected chi connectivity index (χ0v) is 16.0. The second kappa shape index (κ2) is 7.60. The number of carbonyl (C=O) groups excluding carboxylic acids is 1. The van der Waals surface area contributed by atoms with E-state index in [9.17, 15) is 22.8 Å². The van der Waals surface area contributed by atoms with Crippen molar-refractivity contribution in [3.05, 3.63) is 63.0 Å². The van der Waals surface area contributed by atoms with Crippen LogP contribution in [0, 0.1) is 0 Å². The van der Waals surface area contributed by atoms with Gasteiger partial charge in [0.25, 0.3) is 11.5 Å². The quantitative estimate of drug-likeness (QED) is 0.705. The molecule has 3 heterocycles. The molecule has 1 aliphatic heterocycles. The molecule has 0 saturated carbocycles. The van der Waals surface area contributed by atoms with Gasteiger partial charge in [0, 0.05) is 26.2 Å². The highest BCUT2D eigenvalue weighted by atomic mass is 32.1. The number of amides is 1. The van der Waals surface area contributed by atoms with Crippen molar-refractivity contribution in [2.45, 2.75) is 12.7 Å². The van der Waals surface area contributed by atoms with Crippen LogP contribution >= 0.6 is 11.3 Å². The van der Waals surface area contributed by atoms with Gasteiger partial charge in [-0.25, -0.2) is 4.98 Å². The molecule has 10 heteroatoms. The summed E-state index contributed by atoms with van der Waals surface area (Å²) >= 11 is 1.33. The number of alkyl halides is 3. The SMILES string of the molecule is O=C(c1ccccc1C(F)(F)F)N1CCN(Cc2nc3ccsc3c(=O)[nH]2)CC1. The minimum Gasteiger partial charge on any atom is -0.336 e. The predicted molar refractivity (Wildman–Crippen MR) is 103 cm³/mol. The van der Waals surface area contributed by atoms with Gasteiger partial charge in [0.05, 0.1) is 23.2 Å². The van der Waals surface area contributed by atoms with E-state index in [1.165, 1.54) is 34.4 Å². The van der Waals surface area contributed by atoms with E-state index in [4.69, 9.17) is 0 Å². The van der Waals surface area contributed by atoms with Gasteiger partial charge >= 0.3 is 6.18 Å². The van der Waals surface area contributed by atoms with Gasteiger partial charge in [0.15, 0.2) is 0 Å². The predicted octanol–water partition coefficient (Wildman–Crippen LogP) is 2.96. The number of thiophene rings is 1. The van der Waals surface area contributed by atoms with Crippen LogP contribution in [0.15, 0.2) is 40.5 Å². The Hall–Kier alpha value is -2.72. The van der Waals surface area contributed by atoms with Gasteiger partial charge in [0.2, 0.25) is 0 Å². The molecule has 0 radical (unpaired) electrons. The average molecular weight is 422 g/mol. The number of halogens is 3. The van der Waals surface area contributed by atoms with E-state index in [0.717, 1.165) is 6.07 Å². The standard InChI is InChI=1S/C19H17F3N4O2S/c20-19(21,22)13-4-2-1-3-12(13)18(28)26-8-6-25(7-9-26)11-15-23-14-5-10-29-16(14)17(27)24-15/h1-5,10H,6-9,11H2,(H,23,24,27). The summed E-state index contributed by atoms with van der Waals surface area (Å²) < 4.78 is 40.1. The number of H-pyrrole nitrogens is 1. The Bertz CT molecular complexity index is 1100. The summed E-state index contributed by atoms with van der Waals surface area (Å²) in [4.78, 5) is 35.3. The van der Waals surface area contributed by atoms with Gasteiger partial charge in [-0.1, -0.05) is 12.1 Å². The number of aromatic amines is 1. The second-order valence-electron chi connectivity index (χ2n) is 6.76. The number of hydrogen-bond donors (Lipinski definition) is 1. The van der Waals surface area contributed by atoms with Crippen molar-refractivity contribution < 1.29 is 18.0 Å². The van der Waals surface area contributed by atoms with Gasteiger partial charge in [-0.2, -0.15) is 13.2 Å². The van der Waals surface area contributed by atoms with Crippen LogP contribution in [-0.2, 0) is 12.7 Å². The van der Waals surface area contributed by atoms with Crippen LogP contribution in [0.25, 0.3) is 10.2 Å². The molecular weight excluding hydrogens is 405 g/mol. The Kier molecular flexibility index (Phi) is 5.13. The van der Waals surface area contributed by atoms with Crippen LogP contribution in [0.3, 0.4) is 0 Å². The summed E-state index contributed by atoms with van der Waals surface area (Å²) in [5.74, 6) is -0.0908. The number of aromatic nitrogens is 2. The zero-order chi connectivity index (χ0) is 20.6. The summed E-state index contributed by atoms with van der Waals surface area (Å²) in [5.41, 5.74) is -0.787. The van der Waals surface area contributed by atoms with Gasteiger partial charge < -0.3 is 9.88 Å². The van der Waals surface area contributed by atoms with Crippen LogP contribution in [0.5, 0.6) is 0 Å². The van der Waals surface area contributed by atoms with Crippen molar-refractivity contribution in [2.24, 2.45) is 0 Å². The Morgan fingerprint density at radius 2 is 1.86 bits per heavy atom. The average Bonchev–Trinajstić information content (AvgIpc) is 3.17. The van der Waals surface area contributed by atoms with E-state index < -0.39 is 17.6 Å². The van der Waals surface area contributed by atoms with Crippen molar-refractivity contribution in [3.8, 4) is 0 Å². The number of nitrogens with one attached hydrogen (secondary N) is 1. The van der Waals surface area contributed by atoms with Crippen molar-refractivity contribution in [1.82, 2.24) is 19.8 Å². The molecule has 1 fully saturated rings. The molecule has 2 aromatic heterocycles. The Balaban J connectivity index is 1.43. The molecule has 1 N–H and O–H groups in total. The third-order valence-corrected chi connectivity index (χ3v) is 5.76. The molecule has 29 heavy (non-hydrogen) atoms. The van der Waals surface area contributed by atoms with Crippen molar-refractivity contribution >= 4 is 27.5 Å². The minimum atomic E-state index is -4.58. The number of piperazine rings is 1. The lowest BCUT2D eigenvalue weighted by Crippen LogP contribution is -2.48. The fourth-order valence-electron chi connectivity index (χ4n) is 3.40. The first-order valence-corrected chi connectivity index (χ1v) is 9.85. The van der Waals surface area contributed by atoms with Crippen LogP contribution in [-0.4, -0.2) is 51.9 Å². The molecule has 1 aliphatic rings. The topological polar surface area (TPSA) is 69.3 Å². The number of hydrogen-bond acceptors (Lipinski definition) is 5. The molecule has 1 saturated heterocycles.